The Morgan fingerprint density at radius 3 is 2.65 bits per heavy atom. The van der Waals surface area contributed by atoms with Gasteiger partial charge in [0.25, 0.3) is 0 Å². The minimum atomic E-state index is 0.297. The number of carbonyl (C=O) groups excluding carboxylic acids is 1. The van der Waals surface area contributed by atoms with Crippen molar-refractivity contribution in [3.8, 4) is 0 Å². The third kappa shape index (κ3) is 4.00. The largest absolute Gasteiger partial charge is 0.355 e. The van der Waals surface area contributed by atoms with Gasteiger partial charge in [-0.05, 0) is 53.6 Å². The molecule has 1 aromatic rings. The number of hydrogen-bond donors (Lipinski definition) is 0. The second kappa shape index (κ2) is 7.39. The Hall–Kier alpha value is -0.810. The zero-order valence-corrected chi connectivity index (χ0v) is 15.8. The van der Waals surface area contributed by atoms with Gasteiger partial charge in [-0.25, -0.2) is 4.98 Å². The van der Waals surface area contributed by atoms with Crippen molar-refractivity contribution in [3.63, 3.8) is 0 Å². The monoisotopic (exact) mass is 399 g/mol. The number of carbonyl (C=O) groups is 1. The summed E-state index contributed by atoms with van der Waals surface area (Å²) < 4.78 is 0.900. The van der Waals surface area contributed by atoms with Crippen LogP contribution in [0.15, 0.2) is 16.7 Å². The fourth-order valence-corrected chi connectivity index (χ4v) is 4.16. The van der Waals surface area contributed by atoms with E-state index in [9.17, 15) is 4.79 Å². The lowest BCUT2D eigenvalue weighted by Crippen LogP contribution is -2.42. The average Bonchev–Trinajstić information content (AvgIpc) is 2.46. The van der Waals surface area contributed by atoms with Crippen LogP contribution in [0.2, 0.25) is 5.02 Å². The number of anilines is 1. The van der Waals surface area contributed by atoms with Crippen LogP contribution < -0.4 is 4.90 Å². The van der Waals surface area contributed by atoms with Crippen LogP contribution in [0.1, 0.15) is 32.1 Å². The molecule has 2 heterocycles. The second-order valence-electron chi connectivity index (χ2n) is 6.74. The molecule has 0 aromatic carbocycles. The number of halogens is 2. The predicted molar refractivity (Wildman–Crippen MR) is 96.9 cm³/mol. The average molecular weight is 401 g/mol. The maximum absolute atomic E-state index is 12.2. The van der Waals surface area contributed by atoms with E-state index in [1.54, 1.807) is 6.20 Å². The molecule has 0 unspecified atom stereocenters. The van der Waals surface area contributed by atoms with Crippen LogP contribution in [-0.2, 0) is 4.79 Å². The molecule has 0 spiro atoms. The molecule has 2 aliphatic rings. The first kappa shape index (κ1) is 17.0. The summed E-state index contributed by atoms with van der Waals surface area (Å²) in [6, 6.07) is 1.89. The van der Waals surface area contributed by atoms with E-state index in [2.05, 4.69) is 25.8 Å². The first-order valence-corrected chi connectivity index (χ1v) is 9.52. The van der Waals surface area contributed by atoms with Crippen LogP contribution in [0, 0.1) is 11.8 Å². The van der Waals surface area contributed by atoms with Crippen LogP contribution in [0.3, 0.4) is 0 Å². The molecular formula is C17H23BrClN3O. The van der Waals surface area contributed by atoms with Gasteiger partial charge in [0.15, 0.2) is 0 Å². The maximum atomic E-state index is 12.2. The van der Waals surface area contributed by atoms with Crippen LogP contribution >= 0.6 is 27.5 Å². The lowest BCUT2D eigenvalue weighted by atomic mass is 9.84. The molecule has 1 saturated carbocycles. The van der Waals surface area contributed by atoms with Crippen molar-refractivity contribution in [1.82, 2.24) is 9.88 Å². The highest BCUT2D eigenvalue weighted by Gasteiger charge is 2.30. The Morgan fingerprint density at radius 2 is 2.09 bits per heavy atom. The lowest BCUT2D eigenvalue weighted by molar-refractivity contribution is -0.137. The molecule has 1 saturated heterocycles. The zero-order valence-electron chi connectivity index (χ0n) is 13.5. The van der Waals surface area contributed by atoms with Gasteiger partial charge in [-0.1, -0.05) is 18.0 Å². The maximum Gasteiger partial charge on any atom is 0.225 e. The van der Waals surface area contributed by atoms with Gasteiger partial charge in [-0.2, -0.15) is 0 Å². The summed E-state index contributed by atoms with van der Waals surface area (Å²) in [6.45, 7) is 2.78. The van der Waals surface area contributed by atoms with Crippen molar-refractivity contribution in [1.29, 1.82) is 0 Å². The normalized spacial score (nSPS) is 19.5. The van der Waals surface area contributed by atoms with Crippen molar-refractivity contribution < 1.29 is 4.79 Å². The summed E-state index contributed by atoms with van der Waals surface area (Å²) in [7, 11) is 1.96. The van der Waals surface area contributed by atoms with Gasteiger partial charge in [0.2, 0.25) is 5.91 Å². The molecule has 3 rings (SSSR count). The SMILES string of the molecule is CN(CC1CCN(c2ncc(Br)cc2Cl)CC1)C(=O)C1CCC1. The van der Waals surface area contributed by atoms with Gasteiger partial charge in [0.1, 0.15) is 5.82 Å². The summed E-state index contributed by atoms with van der Waals surface area (Å²) in [6.07, 6.45) is 7.32. The first-order valence-electron chi connectivity index (χ1n) is 8.35. The van der Waals surface area contributed by atoms with Gasteiger partial charge in [-0.15, -0.1) is 0 Å². The van der Waals surface area contributed by atoms with Gasteiger partial charge in [-0.3, -0.25) is 4.79 Å². The van der Waals surface area contributed by atoms with Crippen molar-refractivity contribution in [2.24, 2.45) is 11.8 Å². The number of pyridine rings is 1. The van der Waals surface area contributed by atoms with Gasteiger partial charge < -0.3 is 9.80 Å². The van der Waals surface area contributed by atoms with E-state index in [0.717, 1.165) is 55.6 Å². The number of aromatic nitrogens is 1. The number of nitrogens with zero attached hydrogens (tertiary/aromatic N) is 3. The minimum absolute atomic E-state index is 0.297. The van der Waals surface area contributed by atoms with Crippen LogP contribution in [0.5, 0.6) is 0 Å². The smallest absolute Gasteiger partial charge is 0.225 e. The van der Waals surface area contributed by atoms with Crippen molar-refractivity contribution >= 4 is 39.3 Å². The molecule has 126 valence electrons. The van der Waals surface area contributed by atoms with Gasteiger partial charge in [0, 0.05) is 43.3 Å². The number of hydrogen-bond acceptors (Lipinski definition) is 3. The van der Waals surface area contributed by atoms with Crippen LogP contribution in [-0.4, -0.2) is 42.5 Å². The van der Waals surface area contributed by atoms with E-state index in [-0.39, 0.29) is 0 Å². The highest BCUT2D eigenvalue weighted by atomic mass is 79.9. The molecule has 6 heteroatoms. The van der Waals surface area contributed by atoms with E-state index in [1.165, 1.54) is 6.42 Å². The molecule has 0 atom stereocenters. The van der Waals surface area contributed by atoms with E-state index in [0.29, 0.717) is 22.8 Å². The molecule has 0 N–H and O–H groups in total. The molecular weight excluding hydrogens is 378 g/mol. The molecule has 0 bridgehead atoms. The second-order valence-corrected chi connectivity index (χ2v) is 8.06. The van der Waals surface area contributed by atoms with Gasteiger partial charge in [0.05, 0.1) is 5.02 Å². The van der Waals surface area contributed by atoms with Crippen molar-refractivity contribution in [2.45, 2.75) is 32.1 Å². The fraction of sp³-hybridized carbons (Fsp3) is 0.647. The molecule has 1 aliphatic heterocycles. The Kier molecular flexibility index (Phi) is 5.47. The topological polar surface area (TPSA) is 36.4 Å². The lowest BCUT2D eigenvalue weighted by Gasteiger charge is -2.36. The fourth-order valence-electron chi connectivity index (χ4n) is 3.41. The third-order valence-electron chi connectivity index (χ3n) is 5.07. The Morgan fingerprint density at radius 1 is 1.39 bits per heavy atom. The van der Waals surface area contributed by atoms with Gasteiger partial charge >= 0.3 is 0 Å². The number of piperidine rings is 1. The summed E-state index contributed by atoms with van der Waals surface area (Å²) in [5, 5.41) is 0.690. The van der Waals surface area contributed by atoms with Crippen LogP contribution in [0.4, 0.5) is 5.82 Å². The minimum Gasteiger partial charge on any atom is -0.355 e. The highest BCUT2D eigenvalue weighted by molar-refractivity contribution is 9.10. The summed E-state index contributed by atoms with van der Waals surface area (Å²) in [4.78, 5) is 20.9. The van der Waals surface area contributed by atoms with E-state index in [4.69, 9.17) is 11.6 Å². The quantitative estimate of drug-likeness (QED) is 0.767. The third-order valence-corrected chi connectivity index (χ3v) is 5.78. The Labute approximate surface area is 151 Å². The number of amides is 1. The van der Waals surface area contributed by atoms with E-state index >= 15 is 0 Å². The van der Waals surface area contributed by atoms with E-state index in [1.807, 2.05) is 18.0 Å². The first-order chi connectivity index (χ1) is 11.0. The predicted octanol–water partition coefficient (Wildman–Crippen LogP) is 3.97. The standard InChI is InChI=1S/C17H23BrClN3O/c1-21(17(23)13-3-2-4-13)11-12-5-7-22(8-6-12)16-15(19)9-14(18)10-20-16/h9-10,12-13H,2-8,11H2,1H3. The summed E-state index contributed by atoms with van der Waals surface area (Å²) >= 11 is 9.69. The molecule has 23 heavy (non-hydrogen) atoms. The number of rotatable bonds is 4. The Balaban J connectivity index is 1.51. The zero-order chi connectivity index (χ0) is 16.4. The van der Waals surface area contributed by atoms with E-state index < -0.39 is 0 Å². The molecule has 4 nitrogen and oxygen atoms in total. The molecule has 1 amide bonds. The summed E-state index contributed by atoms with van der Waals surface area (Å²) in [5.41, 5.74) is 0. The summed E-state index contributed by atoms with van der Waals surface area (Å²) in [5.74, 6) is 2.09. The Bertz CT molecular complexity index is 571. The van der Waals surface area contributed by atoms with Crippen molar-refractivity contribution in [2.75, 3.05) is 31.6 Å². The van der Waals surface area contributed by atoms with Crippen LogP contribution in [0.25, 0.3) is 0 Å². The molecule has 1 aliphatic carbocycles. The van der Waals surface area contributed by atoms with Crippen molar-refractivity contribution in [3.05, 3.63) is 21.8 Å². The molecule has 1 aromatic heterocycles. The molecule has 0 radical (unpaired) electrons. The molecule has 2 fully saturated rings. The highest BCUT2D eigenvalue weighted by Crippen LogP contribution is 2.31.